The van der Waals surface area contributed by atoms with Gasteiger partial charge in [-0.25, -0.2) is 0 Å². The number of nitrogens with zero attached hydrogens (tertiary/aromatic N) is 4. The second kappa shape index (κ2) is 5.53. The van der Waals surface area contributed by atoms with Crippen LogP contribution in [-0.2, 0) is 4.74 Å². The Morgan fingerprint density at radius 1 is 0.957 bits per heavy atom. The van der Waals surface area contributed by atoms with Gasteiger partial charge in [-0.2, -0.15) is 0 Å². The standard InChI is InChI=1S/C18H24N4O/c1-23-16(14-5-3-2-4-6-14)15-13-21-10-9-19-7-8-20-11-12-22(15)18(21)17(19)20/h2-6,15-18H,7-12H2,1H3. The van der Waals surface area contributed by atoms with E-state index in [4.69, 9.17) is 4.74 Å². The van der Waals surface area contributed by atoms with Crippen LogP contribution < -0.4 is 0 Å². The summed E-state index contributed by atoms with van der Waals surface area (Å²) in [5, 5.41) is 0. The fourth-order valence-electron chi connectivity index (χ4n) is 4.89. The van der Waals surface area contributed by atoms with Crippen molar-refractivity contribution in [3.05, 3.63) is 42.4 Å². The number of benzene rings is 1. The van der Waals surface area contributed by atoms with E-state index in [1.54, 1.807) is 0 Å². The number of piperazine rings is 2. The summed E-state index contributed by atoms with van der Waals surface area (Å²) in [7, 11) is 1.83. The molecule has 0 spiro atoms. The highest BCUT2D eigenvalue weighted by molar-refractivity contribution is 5.23. The Labute approximate surface area is 138 Å². The summed E-state index contributed by atoms with van der Waals surface area (Å²) in [6.07, 6.45) is 1.05. The van der Waals surface area contributed by atoms with E-state index in [0.717, 1.165) is 26.2 Å². The quantitative estimate of drug-likeness (QED) is 0.817. The number of hydrogen-bond donors (Lipinski definition) is 0. The van der Waals surface area contributed by atoms with Crippen LogP contribution in [-0.4, -0.2) is 84.4 Å². The molecule has 23 heavy (non-hydrogen) atoms. The van der Waals surface area contributed by atoms with Crippen LogP contribution in [0.5, 0.6) is 0 Å². The minimum atomic E-state index is 0.0585. The van der Waals surface area contributed by atoms with Gasteiger partial charge in [0.25, 0.3) is 0 Å². The van der Waals surface area contributed by atoms with Gasteiger partial charge in [0.1, 0.15) is 0 Å². The lowest BCUT2D eigenvalue weighted by atomic mass is 10.0. The summed E-state index contributed by atoms with van der Waals surface area (Å²) in [6, 6.07) is 10.8. The van der Waals surface area contributed by atoms with Crippen molar-refractivity contribution in [2.24, 2.45) is 0 Å². The van der Waals surface area contributed by atoms with Crippen molar-refractivity contribution in [3.8, 4) is 0 Å². The molecule has 4 fully saturated rings. The maximum absolute atomic E-state index is 5.93. The van der Waals surface area contributed by atoms with Gasteiger partial charge in [-0.3, -0.25) is 19.6 Å². The zero-order valence-electron chi connectivity index (χ0n) is 13.6. The SMILES string of the molecule is COC(c1ccccc1)C1[C]N2CCN3CCN4CCN1C2C34. The van der Waals surface area contributed by atoms with Crippen molar-refractivity contribution < 1.29 is 4.74 Å². The van der Waals surface area contributed by atoms with E-state index < -0.39 is 0 Å². The van der Waals surface area contributed by atoms with Gasteiger partial charge >= 0.3 is 0 Å². The van der Waals surface area contributed by atoms with Crippen LogP contribution in [0.2, 0.25) is 0 Å². The lowest BCUT2D eigenvalue weighted by molar-refractivity contribution is -0.0895. The van der Waals surface area contributed by atoms with Gasteiger partial charge < -0.3 is 4.74 Å². The van der Waals surface area contributed by atoms with Crippen LogP contribution in [0.1, 0.15) is 11.7 Å². The summed E-state index contributed by atoms with van der Waals surface area (Å²) in [4.78, 5) is 10.4. The Morgan fingerprint density at radius 2 is 1.65 bits per heavy atom. The topological polar surface area (TPSA) is 22.2 Å². The molecule has 0 N–H and O–H groups in total. The summed E-state index contributed by atoms with van der Waals surface area (Å²) >= 11 is 0. The molecule has 0 aromatic heterocycles. The molecule has 4 unspecified atom stereocenters. The highest BCUT2D eigenvalue weighted by atomic mass is 16.5. The van der Waals surface area contributed by atoms with Crippen molar-refractivity contribution in [2.75, 3.05) is 46.4 Å². The molecule has 4 aliphatic rings. The van der Waals surface area contributed by atoms with E-state index in [0.29, 0.717) is 12.3 Å². The van der Waals surface area contributed by atoms with Gasteiger partial charge in [-0.05, 0) is 5.56 Å². The van der Waals surface area contributed by atoms with Crippen molar-refractivity contribution in [1.29, 1.82) is 0 Å². The maximum atomic E-state index is 5.93. The Bertz CT molecular complexity index is 561. The Kier molecular flexibility index (Phi) is 3.46. The smallest absolute Gasteiger partial charge is 0.0996 e. The molecule has 4 heterocycles. The van der Waals surface area contributed by atoms with Crippen LogP contribution in [0, 0.1) is 6.54 Å². The Morgan fingerprint density at radius 3 is 2.39 bits per heavy atom. The number of rotatable bonds is 3. The zero-order valence-corrected chi connectivity index (χ0v) is 13.6. The molecule has 5 nitrogen and oxygen atoms in total. The molecule has 1 aromatic rings. The minimum absolute atomic E-state index is 0.0585. The number of methoxy groups -OCH3 is 1. The highest BCUT2D eigenvalue weighted by Gasteiger charge is 2.56. The first kappa shape index (κ1) is 14.4. The molecule has 2 radical (unpaired) electrons. The van der Waals surface area contributed by atoms with Crippen LogP contribution in [0.15, 0.2) is 30.3 Å². The van der Waals surface area contributed by atoms with E-state index in [-0.39, 0.29) is 12.1 Å². The first-order valence-electron chi connectivity index (χ1n) is 8.71. The third-order valence-corrected chi connectivity index (χ3v) is 5.95. The van der Waals surface area contributed by atoms with E-state index >= 15 is 0 Å². The normalized spacial score (nSPS) is 36.3. The van der Waals surface area contributed by atoms with E-state index in [2.05, 4.69) is 56.5 Å². The molecule has 0 amide bonds. The van der Waals surface area contributed by atoms with Gasteiger partial charge in [0.05, 0.1) is 31.0 Å². The fourth-order valence-corrected chi connectivity index (χ4v) is 4.89. The van der Waals surface area contributed by atoms with Crippen LogP contribution in [0.3, 0.4) is 0 Å². The second-order valence-corrected chi connectivity index (χ2v) is 6.97. The molecular formula is C18H24N4O. The molecule has 5 heteroatoms. The van der Waals surface area contributed by atoms with Crippen molar-refractivity contribution in [2.45, 2.75) is 24.5 Å². The summed E-state index contributed by atoms with van der Waals surface area (Å²) in [6.45, 7) is 10.7. The first-order chi connectivity index (χ1) is 11.4. The van der Waals surface area contributed by atoms with Crippen molar-refractivity contribution >= 4 is 0 Å². The lowest BCUT2D eigenvalue weighted by Gasteiger charge is -2.50. The van der Waals surface area contributed by atoms with Crippen LogP contribution in [0.25, 0.3) is 0 Å². The molecule has 0 saturated carbocycles. The number of ether oxygens (including phenoxy) is 1. The number of hydrogen-bond acceptors (Lipinski definition) is 5. The average molecular weight is 312 g/mol. The van der Waals surface area contributed by atoms with Crippen LogP contribution >= 0.6 is 0 Å². The van der Waals surface area contributed by atoms with Gasteiger partial charge in [-0.15, -0.1) is 0 Å². The second-order valence-electron chi connectivity index (χ2n) is 6.97. The van der Waals surface area contributed by atoms with Gasteiger partial charge in [0.15, 0.2) is 0 Å². The van der Waals surface area contributed by atoms with Crippen molar-refractivity contribution in [1.82, 2.24) is 19.6 Å². The third-order valence-electron chi connectivity index (χ3n) is 5.95. The highest BCUT2D eigenvalue weighted by Crippen LogP contribution is 2.41. The van der Waals surface area contributed by atoms with Crippen LogP contribution in [0.4, 0.5) is 0 Å². The third kappa shape index (κ3) is 2.11. The molecule has 122 valence electrons. The zero-order chi connectivity index (χ0) is 15.4. The predicted molar refractivity (Wildman–Crippen MR) is 87.4 cm³/mol. The molecule has 0 aliphatic carbocycles. The van der Waals surface area contributed by atoms with E-state index in [1.807, 2.05) is 7.11 Å². The van der Waals surface area contributed by atoms with Gasteiger partial charge in [-0.1, -0.05) is 30.3 Å². The maximum Gasteiger partial charge on any atom is 0.0996 e. The Hall–Kier alpha value is -0.980. The molecular weight excluding hydrogens is 288 g/mol. The lowest BCUT2D eigenvalue weighted by Crippen LogP contribution is -2.67. The summed E-state index contributed by atoms with van der Waals surface area (Å²) in [5.74, 6) is 0. The molecule has 0 bridgehead atoms. The van der Waals surface area contributed by atoms with Crippen molar-refractivity contribution in [3.63, 3.8) is 0 Å². The molecule has 5 rings (SSSR count). The van der Waals surface area contributed by atoms with Gasteiger partial charge in [0, 0.05) is 46.4 Å². The first-order valence-corrected chi connectivity index (χ1v) is 8.71. The summed E-state index contributed by atoms with van der Waals surface area (Å²) < 4.78 is 5.93. The van der Waals surface area contributed by atoms with E-state index in [9.17, 15) is 0 Å². The monoisotopic (exact) mass is 312 g/mol. The predicted octanol–water partition coefficient (Wildman–Crippen LogP) is 0.696. The largest absolute Gasteiger partial charge is 0.375 e. The molecule has 4 atom stereocenters. The Balaban J connectivity index is 1.47. The van der Waals surface area contributed by atoms with Gasteiger partial charge in [0.2, 0.25) is 0 Å². The minimum Gasteiger partial charge on any atom is -0.375 e. The average Bonchev–Trinajstić information content (AvgIpc) is 3.17. The molecule has 1 aromatic carbocycles. The fraction of sp³-hybridized carbons (Fsp3) is 0.611. The molecule has 4 saturated heterocycles. The summed E-state index contributed by atoms with van der Waals surface area (Å²) in [5.41, 5.74) is 1.25. The van der Waals surface area contributed by atoms with E-state index in [1.165, 1.54) is 18.7 Å². The molecule has 4 aliphatic heterocycles.